The van der Waals surface area contributed by atoms with Crippen molar-refractivity contribution in [3.8, 4) is 12.3 Å². The number of aryl methyl sites for hydroxylation is 2. The molecule has 1 saturated carbocycles. The number of terminal acetylenes is 1. The predicted octanol–water partition coefficient (Wildman–Crippen LogP) is 2.67. The van der Waals surface area contributed by atoms with Crippen LogP contribution in [0, 0.1) is 26.2 Å². The quantitative estimate of drug-likeness (QED) is 0.786. The number of nitrogens with one attached hydrogen (secondary N) is 1. The molecule has 1 aromatic rings. The van der Waals surface area contributed by atoms with E-state index in [4.69, 9.17) is 6.42 Å². The molecule has 120 valence electrons. The van der Waals surface area contributed by atoms with Gasteiger partial charge in [0.05, 0.1) is 17.0 Å². The van der Waals surface area contributed by atoms with Crippen LogP contribution in [0.2, 0.25) is 0 Å². The number of carbonyl (C=O) groups is 1. The topological polar surface area (TPSA) is 79.6 Å². The minimum atomic E-state index is -0.365. The zero-order valence-electron chi connectivity index (χ0n) is 13.6. The van der Waals surface area contributed by atoms with E-state index in [0.717, 1.165) is 36.5 Å². The molecule has 0 spiro atoms. The summed E-state index contributed by atoms with van der Waals surface area (Å²) in [5.41, 5.74) is 1.71. The summed E-state index contributed by atoms with van der Waals surface area (Å²) in [6.07, 6.45) is 9.65. The summed E-state index contributed by atoms with van der Waals surface area (Å²) in [4.78, 5) is 21.4. The lowest BCUT2D eigenvalue weighted by atomic mass is 10.0. The minimum Gasteiger partial charge on any atom is -0.352 e. The van der Waals surface area contributed by atoms with Crippen molar-refractivity contribution in [1.29, 1.82) is 0 Å². The monoisotopic (exact) mass is 311 g/mol. The van der Waals surface area contributed by atoms with Crippen LogP contribution in [0.1, 0.15) is 65.6 Å². The molecular weight excluding hydrogens is 290 g/mol. The number of carbonyl (C=O) groups excluding carboxylic acids is 1. The van der Waals surface area contributed by atoms with Crippen molar-refractivity contribution < 1.29 is 4.79 Å². The molecule has 0 unspecified atom stereocenters. The van der Waals surface area contributed by atoms with E-state index >= 15 is 0 Å². The summed E-state index contributed by atoms with van der Waals surface area (Å²) < 4.78 is 0. The summed E-state index contributed by atoms with van der Waals surface area (Å²) in [6.45, 7) is 4.25. The maximum atomic E-state index is 12.4. The van der Waals surface area contributed by atoms with Crippen LogP contribution < -0.4 is 5.32 Å². The lowest BCUT2D eigenvalue weighted by Crippen LogP contribution is -2.30. The maximum absolute atomic E-state index is 12.4. The van der Waals surface area contributed by atoms with Crippen LogP contribution in [0.3, 0.4) is 0 Å². The highest BCUT2D eigenvalue weighted by Gasteiger charge is 2.38. The molecule has 0 bridgehead atoms. The van der Waals surface area contributed by atoms with Crippen molar-refractivity contribution in [2.75, 3.05) is 6.54 Å². The van der Waals surface area contributed by atoms with E-state index < -0.39 is 0 Å². The van der Waals surface area contributed by atoms with E-state index in [0.29, 0.717) is 30.9 Å². The van der Waals surface area contributed by atoms with Crippen LogP contribution in [0.15, 0.2) is 10.2 Å². The van der Waals surface area contributed by atoms with Gasteiger partial charge >= 0.3 is 0 Å². The van der Waals surface area contributed by atoms with Gasteiger partial charge in [0.15, 0.2) is 5.66 Å². The molecule has 0 radical (unpaired) electrons. The van der Waals surface area contributed by atoms with Gasteiger partial charge in [-0.05, 0) is 26.7 Å². The Hall–Kier alpha value is -2.29. The lowest BCUT2D eigenvalue weighted by molar-refractivity contribution is 0.0949. The first-order valence-corrected chi connectivity index (χ1v) is 8.05. The molecule has 6 heteroatoms. The highest BCUT2D eigenvalue weighted by atomic mass is 16.1. The molecule has 1 amide bonds. The van der Waals surface area contributed by atoms with Crippen LogP contribution in [0.4, 0.5) is 0 Å². The van der Waals surface area contributed by atoms with E-state index in [-0.39, 0.29) is 11.6 Å². The number of hydrogen-bond acceptors (Lipinski definition) is 5. The van der Waals surface area contributed by atoms with Crippen LogP contribution >= 0.6 is 0 Å². The number of hydrogen-bond donors (Lipinski definition) is 1. The first-order chi connectivity index (χ1) is 11.0. The summed E-state index contributed by atoms with van der Waals surface area (Å²) in [7, 11) is 0. The second-order valence-electron chi connectivity index (χ2n) is 6.29. The van der Waals surface area contributed by atoms with Gasteiger partial charge in [0.1, 0.15) is 5.82 Å². The molecule has 2 aliphatic rings. The van der Waals surface area contributed by atoms with Crippen LogP contribution in [0.5, 0.6) is 0 Å². The standard InChI is InChI=1S/C17H21N5O/c1-4-5-8-17(21-22-17)9-10-18-16(23)14-11(2)19-15(13-6-7-13)20-12(14)3/h1,13H,5-10H2,2-3H3,(H,18,23). The minimum absolute atomic E-state index is 0.130. The number of amides is 1. The summed E-state index contributed by atoms with van der Waals surface area (Å²) >= 11 is 0. The lowest BCUT2D eigenvalue weighted by Gasteiger charge is -2.12. The smallest absolute Gasteiger partial charge is 0.254 e. The Labute approximate surface area is 136 Å². The molecule has 0 aromatic carbocycles. The van der Waals surface area contributed by atoms with Gasteiger partial charge in [0.25, 0.3) is 5.91 Å². The van der Waals surface area contributed by atoms with Crippen molar-refractivity contribution in [2.45, 2.75) is 57.5 Å². The molecule has 6 nitrogen and oxygen atoms in total. The molecule has 1 aliphatic carbocycles. The van der Waals surface area contributed by atoms with Gasteiger partial charge in [-0.1, -0.05) is 0 Å². The average Bonchev–Trinajstić information content (AvgIpc) is 3.39. The number of aromatic nitrogens is 2. The second kappa shape index (κ2) is 6.07. The Morgan fingerprint density at radius 1 is 1.26 bits per heavy atom. The summed E-state index contributed by atoms with van der Waals surface area (Å²) in [5, 5.41) is 11.1. The zero-order chi connectivity index (χ0) is 16.4. The van der Waals surface area contributed by atoms with Crippen molar-refractivity contribution >= 4 is 5.91 Å². The van der Waals surface area contributed by atoms with Gasteiger partial charge in [-0.3, -0.25) is 4.79 Å². The van der Waals surface area contributed by atoms with Crippen molar-refractivity contribution in [2.24, 2.45) is 10.2 Å². The largest absolute Gasteiger partial charge is 0.352 e. The molecule has 1 aliphatic heterocycles. The van der Waals surface area contributed by atoms with Gasteiger partial charge in [-0.15, -0.1) is 12.3 Å². The third-order valence-corrected chi connectivity index (χ3v) is 4.32. The molecule has 0 atom stereocenters. The predicted molar refractivity (Wildman–Crippen MR) is 86.1 cm³/mol. The molecule has 1 fully saturated rings. The fourth-order valence-corrected chi connectivity index (χ4v) is 2.73. The summed E-state index contributed by atoms with van der Waals surface area (Å²) in [5.74, 6) is 3.83. The SMILES string of the molecule is C#CCCC1(CCNC(=O)c2c(C)nc(C3CC3)nc2C)N=N1. The Morgan fingerprint density at radius 3 is 2.43 bits per heavy atom. The van der Waals surface area contributed by atoms with E-state index in [1.54, 1.807) is 0 Å². The summed E-state index contributed by atoms with van der Waals surface area (Å²) in [6, 6.07) is 0. The fourth-order valence-electron chi connectivity index (χ4n) is 2.73. The van der Waals surface area contributed by atoms with Crippen molar-refractivity contribution in [3.05, 3.63) is 22.8 Å². The zero-order valence-corrected chi connectivity index (χ0v) is 13.6. The molecule has 0 saturated heterocycles. The third-order valence-electron chi connectivity index (χ3n) is 4.32. The van der Waals surface area contributed by atoms with Crippen LogP contribution in [0.25, 0.3) is 0 Å². The Balaban J connectivity index is 1.57. The van der Waals surface area contributed by atoms with E-state index in [1.165, 1.54) is 0 Å². The highest BCUT2D eigenvalue weighted by Crippen LogP contribution is 2.38. The molecule has 1 aromatic heterocycles. The first-order valence-electron chi connectivity index (χ1n) is 8.05. The van der Waals surface area contributed by atoms with Crippen LogP contribution in [-0.2, 0) is 0 Å². The Kier molecular flexibility index (Phi) is 4.12. The molecular formula is C17H21N5O. The van der Waals surface area contributed by atoms with E-state index in [9.17, 15) is 4.79 Å². The Morgan fingerprint density at radius 2 is 1.91 bits per heavy atom. The third kappa shape index (κ3) is 3.55. The van der Waals surface area contributed by atoms with Gasteiger partial charge < -0.3 is 5.32 Å². The van der Waals surface area contributed by atoms with E-state index in [1.807, 2.05) is 13.8 Å². The molecule has 1 N–H and O–H groups in total. The van der Waals surface area contributed by atoms with Crippen molar-refractivity contribution in [3.63, 3.8) is 0 Å². The van der Waals surface area contributed by atoms with Crippen molar-refractivity contribution in [1.82, 2.24) is 15.3 Å². The first kappa shape index (κ1) is 15.6. The van der Waals surface area contributed by atoms with Gasteiger partial charge in [-0.25, -0.2) is 9.97 Å². The molecule has 3 rings (SSSR count). The fraction of sp³-hybridized carbons (Fsp3) is 0.588. The number of nitrogens with zero attached hydrogens (tertiary/aromatic N) is 4. The second-order valence-corrected chi connectivity index (χ2v) is 6.29. The highest BCUT2D eigenvalue weighted by molar-refractivity contribution is 5.96. The Bertz CT molecular complexity index is 670. The molecule has 23 heavy (non-hydrogen) atoms. The van der Waals surface area contributed by atoms with Gasteiger partial charge in [0.2, 0.25) is 0 Å². The maximum Gasteiger partial charge on any atom is 0.254 e. The van der Waals surface area contributed by atoms with Crippen LogP contribution in [-0.4, -0.2) is 28.1 Å². The molecule has 2 heterocycles. The van der Waals surface area contributed by atoms with E-state index in [2.05, 4.69) is 31.4 Å². The van der Waals surface area contributed by atoms with Gasteiger partial charge in [-0.2, -0.15) is 10.2 Å². The normalized spacial score (nSPS) is 17.6. The van der Waals surface area contributed by atoms with Gasteiger partial charge in [0, 0.05) is 31.7 Å². The number of rotatable bonds is 7. The average molecular weight is 311 g/mol.